The number of carbonyl (C=O) groups is 3. The Morgan fingerprint density at radius 3 is 2.58 bits per heavy atom. The molecule has 0 saturated carbocycles. The molecule has 0 bridgehead atoms. The number of hydrogen-bond acceptors (Lipinski definition) is 4. The zero-order chi connectivity index (χ0) is 17.1. The van der Waals surface area contributed by atoms with E-state index in [9.17, 15) is 14.4 Å². The Kier molecular flexibility index (Phi) is 4.69. The van der Waals surface area contributed by atoms with E-state index < -0.39 is 0 Å². The monoisotopic (exact) mass is 331 g/mol. The first-order chi connectivity index (χ1) is 11.6. The van der Waals surface area contributed by atoms with Crippen molar-refractivity contribution in [3.8, 4) is 5.75 Å². The molecule has 4 amide bonds. The highest BCUT2D eigenvalue weighted by atomic mass is 16.5. The minimum atomic E-state index is -0.321. The van der Waals surface area contributed by atoms with Crippen LogP contribution < -0.4 is 10.1 Å². The quantitative estimate of drug-likeness (QED) is 0.827. The van der Waals surface area contributed by atoms with Crippen LogP contribution in [0.1, 0.15) is 18.4 Å². The van der Waals surface area contributed by atoms with Gasteiger partial charge in [-0.15, -0.1) is 0 Å². The van der Waals surface area contributed by atoms with E-state index >= 15 is 0 Å². The molecule has 2 saturated heterocycles. The lowest BCUT2D eigenvalue weighted by Crippen LogP contribution is -2.49. The summed E-state index contributed by atoms with van der Waals surface area (Å²) < 4.78 is 5.28. The molecule has 0 spiro atoms. The zero-order valence-corrected chi connectivity index (χ0v) is 13.7. The summed E-state index contributed by atoms with van der Waals surface area (Å²) in [5.41, 5.74) is 0.862. The molecular formula is C17H21N3O4. The highest BCUT2D eigenvalue weighted by molar-refractivity contribution is 6.02. The second-order valence-corrected chi connectivity index (χ2v) is 6.02. The fraction of sp³-hybridized carbons (Fsp3) is 0.471. The fourth-order valence-electron chi connectivity index (χ4n) is 3.30. The lowest BCUT2D eigenvalue weighted by atomic mass is 10.0. The lowest BCUT2D eigenvalue weighted by Gasteiger charge is -2.35. The van der Waals surface area contributed by atoms with Crippen LogP contribution in [0.3, 0.4) is 0 Å². The molecule has 2 fully saturated rings. The van der Waals surface area contributed by atoms with Crippen molar-refractivity contribution in [2.45, 2.75) is 25.3 Å². The number of piperidine rings is 1. The van der Waals surface area contributed by atoms with Crippen LogP contribution in [0.15, 0.2) is 24.3 Å². The van der Waals surface area contributed by atoms with Crippen molar-refractivity contribution in [3.05, 3.63) is 29.8 Å². The van der Waals surface area contributed by atoms with Gasteiger partial charge in [-0.2, -0.15) is 0 Å². The van der Waals surface area contributed by atoms with Crippen LogP contribution in [0, 0.1) is 0 Å². The van der Waals surface area contributed by atoms with Crippen molar-refractivity contribution in [3.63, 3.8) is 0 Å². The number of amides is 4. The molecule has 0 unspecified atom stereocenters. The van der Waals surface area contributed by atoms with Crippen LogP contribution in [-0.2, 0) is 16.0 Å². The van der Waals surface area contributed by atoms with E-state index in [0.29, 0.717) is 31.7 Å². The molecule has 1 aromatic carbocycles. The summed E-state index contributed by atoms with van der Waals surface area (Å²) in [7, 11) is 1.59. The molecule has 128 valence electrons. The number of para-hydroxylation sites is 1. The number of nitrogens with zero attached hydrogens (tertiary/aromatic N) is 2. The van der Waals surface area contributed by atoms with E-state index in [1.54, 1.807) is 12.0 Å². The Bertz CT molecular complexity index is 637. The topological polar surface area (TPSA) is 79.0 Å². The Morgan fingerprint density at radius 2 is 1.96 bits per heavy atom. The van der Waals surface area contributed by atoms with E-state index in [-0.39, 0.29) is 36.9 Å². The lowest BCUT2D eigenvalue weighted by molar-refractivity contribution is -0.132. The zero-order valence-electron chi connectivity index (χ0n) is 13.7. The summed E-state index contributed by atoms with van der Waals surface area (Å²) in [5, 5.41) is 2.54. The predicted molar refractivity (Wildman–Crippen MR) is 86.5 cm³/mol. The first kappa shape index (κ1) is 16.3. The average molecular weight is 331 g/mol. The van der Waals surface area contributed by atoms with Gasteiger partial charge in [0, 0.05) is 24.7 Å². The molecule has 2 heterocycles. The van der Waals surface area contributed by atoms with Gasteiger partial charge in [-0.1, -0.05) is 18.2 Å². The Hall–Kier alpha value is -2.57. The van der Waals surface area contributed by atoms with E-state index in [4.69, 9.17) is 4.74 Å². The summed E-state index contributed by atoms with van der Waals surface area (Å²) in [6, 6.07) is 7.04. The molecule has 1 aromatic rings. The van der Waals surface area contributed by atoms with Crippen molar-refractivity contribution in [2.75, 3.05) is 26.7 Å². The molecule has 2 aliphatic rings. The maximum atomic E-state index is 12.5. The minimum absolute atomic E-state index is 0.0372. The number of hydrogen-bond donors (Lipinski definition) is 1. The first-order valence-electron chi connectivity index (χ1n) is 8.09. The van der Waals surface area contributed by atoms with Gasteiger partial charge in [0.2, 0.25) is 11.8 Å². The number of ether oxygens (including phenoxy) is 1. The van der Waals surface area contributed by atoms with Crippen LogP contribution in [-0.4, -0.2) is 60.4 Å². The van der Waals surface area contributed by atoms with Gasteiger partial charge in [-0.25, -0.2) is 4.79 Å². The van der Waals surface area contributed by atoms with Gasteiger partial charge in [0.15, 0.2) is 0 Å². The fourth-order valence-corrected chi connectivity index (χ4v) is 3.30. The number of nitrogens with one attached hydrogen (secondary N) is 1. The molecule has 0 aromatic heterocycles. The Morgan fingerprint density at radius 1 is 1.25 bits per heavy atom. The number of urea groups is 1. The number of methoxy groups -OCH3 is 1. The maximum absolute atomic E-state index is 12.5. The molecule has 2 aliphatic heterocycles. The molecule has 3 rings (SSSR count). The van der Waals surface area contributed by atoms with Gasteiger partial charge >= 0.3 is 6.03 Å². The Labute approximate surface area is 140 Å². The van der Waals surface area contributed by atoms with Crippen molar-refractivity contribution in [1.82, 2.24) is 15.1 Å². The van der Waals surface area contributed by atoms with E-state index in [0.717, 1.165) is 5.56 Å². The van der Waals surface area contributed by atoms with Crippen LogP contribution in [0.4, 0.5) is 4.79 Å². The van der Waals surface area contributed by atoms with Gasteiger partial charge in [0.25, 0.3) is 0 Å². The highest BCUT2D eigenvalue weighted by Crippen LogP contribution is 2.22. The predicted octanol–water partition coefficient (Wildman–Crippen LogP) is 0.781. The molecule has 0 aliphatic carbocycles. The number of imide groups is 1. The van der Waals surface area contributed by atoms with Crippen LogP contribution in [0.2, 0.25) is 0 Å². The van der Waals surface area contributed by atoms with Crippen LogP contribution >= 0.6 is 0 Å². The standard InChI is InChI=1S/C17H21N3O4/c1-24-14-5-3-2-4-12(14)10-15(21)19-8-6-13(7-9-19)20-16(22)11-18-17(20)23/h2-5,13H,6-11H2,1H3,(H,18,23). The smallest absolute Gasteiger partial charge is 0.324 e. The third-order valence-electron chi connectivity index (χ3n) is 4.59. The van der Waals surface area contributed by atoms with Gasteiger partial charge in [0.1, 0.15) is 5.75 Å². The minimum Gasteiger partial charge on any atom is -0.496 e. The summed E-state index contributed by atoms with van der Waals surface area (Å²) in [6.45, 7) is 1.18. The van der Waals surface area contributed by atoms with Crippen LogP contribution in [0.25, 0.3) is 0 Å². The number of benzene rings is 1. The summed E-state index contributed by atoms with van der Waals surface area (Å²) >= 11 is 0. The molecular weight excluding hydrogens is 310 g/mol. The molecule has 0 radical (unpaired) electrons. The molecule has 24 heavy (non-hydrogen) atoms. The highest BCUT2D eigenvalue weighted by Gasteiger charge is 2.37. The average Bonchev–Trinajstić information content (AvgIpc) is 2.94. The summed E-state index contributed by atoms with van der Waals surface area (Å²) in [6.07, 6.45) is 1.53. The van der Waals surface area contributed by atoms with Gasteiger partial charge < -0.3 is 15.0 Å². The molecule has 7 nitrogen and oxygen atoms in total. The van der Waals surface area contributed by atoms with Crippen molar-refractivity contribution >= 4 is 17.8 Å². The second-order valence-electron chi connectivity index (χ2n) is 6.02. The second kappa shape index (κ2) is 6.90. The number of carbonyl (C=O) groups excluding carboxylic acids is 3. The molecule has 7 heteroatoms. The first-order valence-corrected chi connectivity index (χ1v) is 8.09. The summed E-state index contributed by atoms with van der Waals surface area (Å²) in [5.74, 6) is 0.564. The van der Waals surface area contributed by atoms with Gasteiger partial charge in [-0.3, -0.25) is 14.5 Å². The normalized spacial score (nSPS) is 18.7. The van der Waals surface area contributed by atoms with Crippen molar-refractivity contribution < 1.29 is 19.1 Å². The number of likely N-dealkylation sites (tertiary alicyclic amines) is 1. The molecule has 0 atom stereocenters. The third-order valence-corrected chi connectivity index (χ3v) is 4.59. The SMILES string of the molecule is COc1ccccc1CC(=O)N1CCC(N2C(=O)CNC2=O)CC1. The largest absolute Gasteiger partial charge is 0.496 e. The molecule has 1 N–H and O–H groups in total. The van der Waals surface area contributed by atoms with Gasteiger partial charge in [-0.05, 0) is 18.9 Å². The van der Waals surface area contributed by atoms with E-state index in [2.05, 4.69) is 5.32 Å². The van der Waals surface area contributed by atoms with Crippen LogP contribution in [0.5, 0.6) is 5.75 Å². The maximum Gasteiger partial charge on any atom is 0.324 e. The van der Waals surface area contributed by atoms with Gasteiger partial charge in [0.05, 0.1) is 20.1 Å². The number of rotatable bonds is 4. The van der Waals surface area contributed by atoms with E-state index in [1.165, 1.54) is 4.90 Å². The third kappa shape index (κ3) is 3.20. The Balaban J connectivity index is 1.57. The summed E-state index contributed by atoms with van der Waals surface area (Å²) in [4.78, 5) is 39.1. The van der Waals surface area contributed by atoms with E-state index in [1.807, 2.05) is 24.3 Å². The van der Waals surface area contributed by atoms with Crippen molar-refractivity contribution in [2.24, 2.45) is 0 Å². The van der Waals surface area contributed by atoms with Crippen molar-refractivity contribution in [1.29, 1.82) is 0 Å².